The van der Waals surface area contributed by atoms with E-state index in [-0.39, 0.29) is 17.5 Å². The lowest BCUT2D eigenvalue weighted by Gasteiger charge is -2.10. The molecule has 1 aliphatic carbocycles. The summed E-state index contributed by atoms with van der Waals surface area (Å²) in [6.07, 6.45) is 0.939. The minimum atomic E-state index is -0.293. The fourth-order valence-corrected chi connectivity index (χ4v) is 3.45. The minimum absolute atomic E-state index is 0.186. The molecule has 4 heteroatoms. The average molecular weight is 390 g/mol. The predicted molar refractivity (Wildman–Crippen MR) is 110 cm³/mol. The lowest BCUT2D eigenvalue weighted by atomic mass is 10.0. The van der Waals surface area contributed by atoms with Gasteiger partial charge in [-0.1, -0.05) is 42.5 Å². The highest BCUT2D eigenvalue weighted by atomic mass is 19.1. The number of hydrogen-bond acceptors (Lipinski definition) is 3. The molecule has 3 nitrogen and oxygen atoms in total. The lowest BCUT2D eigenvalue weighted by Crippen LogP contribution is -2.02. The van der Waals surface area contributed by atoms with Crippen molar-refractivity contribution in [2.75, 3.05) is 6.61 Å². The number of hydrogen-bond donors (Lipinski definition) is 0. The van der Waals surface area contributed by atoms with Crippen LogP contribution in [0, 0.1) is 17.7 Å². The molecule has 0 spiro atoms. The molecule has 1 saturated carbocycles. The number of ether oxygens (including phenoxy) is 2. The fourth-order valence-electron chi connectivity index (χ4n) is 3.45. The second kappa shape index (κ2) is 8.58. The molecule has 0 aliphatic heterocycles. The van der Waals surface area contributed by atoms with Crippen molar-refractivity contribution in [3.8, 4) is 22.6 Å². The number of benzene rings is 3. The molecule has 0 amide bonds. The molecule has 0 saturated heterocycles. The maximum atomic E-state index is 14.4. The molecule has 0 bridgehead atoms. The van der Waals surface area contributed by atoms with E-state index in [0.29, 0.717) is 36.2 Å². The molecule has 3 aromatic rings. The summed E-state index contributed by atoms with van der Waals surface area (Å²) in [5.74, 6) is 1.81. The van der Waals surface area contributed by atoms with Gasteiger partial charge in [0, 0.05) is 11.5 Å². The summed E-state index contributed by atoms with van der Waals surface area (Å²) in [7, 11) is 0. The first-order valence-corrected chi connectivity index (χ1v) is 9.80. The summed E-state index contributed by atoms with van der Waals surface area (Å²) in [6, 6.07) is 21.8. The van der Waals surface area contributed by atoms with E-state index in [2.05, 4.69) is 0 Å². The van der Waals surface area contributed by atoms with Crippen molar-refractivity contribution in [3.05, 3.63) is 84.2 Å². The molecule has 0 heterocycles. The van der Waals surface area contributed by atoms with Gasteiger partial charge in [0.15, 0.2) is 0 Å². The third-order valence-corrected chi connectivity index (χ3v) is 5.23. The normalized spacial score (nSPS) is 17.7. The van der Waals surface area contributed by atoms with Crippen LogP contribution >= 0.6 is 0 Å². The van der Waals surface area contributed by atoms with Gasteiger partial charge in [0.1, 0.15) is 23.1 Å². The van der Waals surface area contributed by atoms with E-state index in [9.17, 15) is 9.18 Å². The molecule has 0 aromatic heterocycles. The second-order valence-electron chi connectivity index (χ2n) is 7.48. The van der Waals surface area contributed by atoms with Gasteiger partial charge in [-0.15, -0.1) is 0 Å². The van der Waals surface area contributed by atoms with Gasteiger partial charge in [0.25, 0.3) is 0 Å². The van der Waals surface area contributed by atoms with E-state index in [1.807, 2.05) is 54.6 Å². The van der Waals surface area contributed by atoms with Crippen molar-refractivity contribution in [2.24, 2.45) is 11.8 Å². The van der Waals surface area contributed by atoms with Crippen LogP contribution < -0.4 is 4.74 Å². The lowest BCUT2D eigenvalue weighted by molar-refractivity contribution is -0.118. The monoisotopic (exact) mass is 390 g/mol. The zero-order valence-corrected chi connectivity index (χ0v) is 16.3. The molecule has 1 fully saturated rings. The molecule has 29 heavy (non-hydrogen) atoms. The van der Waals surface area contributed by atoms with E-state index in [1.54, 1.807) is 19.1 Å². The molecule has 3 aromatic carbocycles. The number of para-hydroxylation sites is 1. The smallest absolute Gasteiger partial charge is 0.133 e. The Morgan fingerprint density at radius 1 is 1.00 bits per heavy atom. The third kappa shape index (κ3) is 4.90. The molecule has 1 aliphatic rings. The SMILES string of the molecule is CC(=O)C1CC1COCc1ccc(-c2cc(Oc3ccccc3)ccc2F)cc1. The highest BCUT2D eigenvalue weighted by molar-refractivity contribution is 5.81. The summed E-state index contributed by atoms with van der Waals surface area (Å²) in [5.41, 5.74) is 2.29. The highest BCUT2D eigenvalue weighted by Gasteiger charge is 2.40. The van der Waals surface area contributed by atoms with Gasteiger partial charge in [-0.25, -0.2) is 4.39 Å². The Labute approximate surface area is 170 Å². The molecule has 2 atom stereocenters. The van der Waals surface area contributed by atoms with Gasteiger partial charge in [-0.2, -0.15) is 0 Å². The first-order valence-electron chi connectivity index (χ1n) is 9.80. The summed E-state index contributed by atoms with van der Waals surface area (Å²) < 4.78 is 25.9. The average Bonchev–Trinajstić information content (AvgIpc) is 3.51. The summed E-state index contributed by atoms with van der Waals surface area (Å²) in [4.78, 5) is 11.3. The van der Waals surface area contributed by atoms with Crippen LogP contribution in [0.3, 0.4) is 0 Å². The van der Waals surface area contributed by atoms with Crippen LogP contribution in [0.4, 0.5) is 4.39 Å². The Bertz CT molecular complexity index is 983. The van der Waals surface area contributed by atoms with Crippen LogP contribution in [-0.2, 0) is 16.1 Å². The molecular weight excluding hydrogens is 367 g/mol. The number of ketones is 1. The highest BCUT2D eigenvalue weighted by Crippen LogP contribution is 2.39. The maximum absolute atomic E-state index is 14.4. The molecular formula is C25H23FO3. The van der Waals surface area contributed by atoms with Crippen LogP contribution in [0.2, 0.25) is 0 Å². The van der Waals surface area contributed by atoms with E-state index < -0.39 is 0 Å². The van der Waals surface area contributed by atoms with Gasteiger partial charge in [-0.3, -0.25) is 4.79 Å². The standard InChI is InChI=1S/C25H23FO3/c1-17(27)23-13-20(23)16-28-15-18-7-9-19(10-8-18)24-14-22(11-12-25(24)26)29-21-5-3-2-4-6-21/h2-12,14,20,23H,13,15-16H2,1H3. The summed E-state index contributed by atoms with van der Waals surface area (Å²) >= 11 is 0. The number of halogens is 1. The second-order valence-corrected chi connectivity index (χ2v) is 7.48. The Balaban J connectivity index is 1.39. The van der Waals surface area contributed by atoms with Crippen LogP contribution in [0.15, 0.2) is 72.8 Å². The quantitative estimate of drug-likeness (QED) is 0.471. The zero-order chi connectivity index (χ0) is 20.2. The summed E-state index contributed by atoms with van der Waals surface area (Å²) in [6.45, 7) is 2.74. The van der Waals surface area contributed by atoms with Gasteiger partial charge in [-0.05, 0) is 60.7 Å². The van der Waals surface area contributed by atoms with E-state index in [0.717, 1.165) is 17.5 Å². The Hall–Kier alpha value is -2.98. The van der Waals surface area contributed by atoms with Crippen molar-refractivity contribution < 1.29 is 18.7 Å². The first-order chi connectivity index (χ1) is 14.1. The van der Waals surface area contributed by atoms with Crippen LogP contribution in [0.5, 0.6) is 11.5 Å². The Morgan fingerprint density at radius 2 is 1.76 bits per heavy atom. The molecule has 0 N–H and O–H groups in total. The van der Waals surface area contributed by atoms with Gasteiger partial charge < -0.3 is 9.47 Å². The van der Waals surface area contributed by atoms with E-state index in [4.69, 9.17) is 9.47 Å². The number of rotatable bonds is 8. The van der Waals surface area contributed by atoms with Gasteiger partial charge >= 0.3 is 0 Å². The first kappa shape index (κ1) is 19.3. The number of Topliss-reactive ketones (excluding diaryl/α,β-unsaturated/α-hetero) is 1. The van der Waals surface area contributed by atoms with Gasteiger partial charge in [0.05, 0.1) is 13.2 Å². The Morgan fingerprint density at radius 3 is 2.45 bits per heavy atom. The largest absolute Gasteiger partial charge is 0.457 e. The predicted octanol–water partition coefficient (Wildman–Crippen LogP) is 6.03. The van der Waals surface area contributed by atoms with Crippen molar-refractivity contribution in [1.29, 1.82) is 0 Å². The summed E-state index contributed by atoms with van der Waals surface area (Å²) in [5, 5.41) is 0. The minimum Gasteiger partial charge on any atom is -0.457 e. The van der Waals surface area contributed by atoms with Crippen LogP contribution in [-0.4, -0.2) is 12.4 Å². The van der Waals surface area contributed by atoms with E-state index in [1.165, 1.54) is 6.07 Å². The third-order valence-electron chi connectivity index (χ3n) is 5.23. The van der Waals surface area contributed by atoms with Crippen molar-refractivity contribution in [2.45, 2.75) is 20.0 Å². The topological polar surface area (TPSA) is 35.5 Å². The van der Waals surface area contributed by atoms with Crippen LogP contribution in [0.1, 0.15) is 18.9 Å². The van der Waals surface area contributed by atoms with Crippen LogP contribution in [0.25, 0.3) is 11.1 Å². The molecule has 4 rings (SSSR count). The fraction of sp³-hybridized carbons (Fsp3) is 0.240. The maximum Gasteiger partial charge on any atom is 0.133 e. The van der Waals surface area contributed by atoms with Crippen molar-refractivity contribution in [3.63, 3.8) is 0 Å². The molecule has 148 valence electrons. The molecule has 2 unspecified atom stereocenters. The number of carbonyl (C=O) groups is 1. The molecule has 0 radical (unpaired) electrons. The van der Waals surface area contributed by atoms with Crippen molar-refractivity contribution >= 4 is 5.78 Å². The zero-order valence-electron chi connectivity index (χ0n) is 16.3. The van der Waals surface area contributed by atoms with Crippen molar-refractivity contribution in [1.82, 2.24) is 0 Å². The Kier molecular flexibility index (Phi) is 5.72. The number of carbonyl (C=O) groups excluding carboxylic acids is 1. The van der Waals surface area contributed by atoms with E-state index >= 15 is 0 Å². The van der Waals surface area contributed by atoms with Gasteiger partial charge in [0.2, 0.25) is 0 Å².